The zero-order valence-corrected chi connectivity index (χ0v) is 14.5. The molecule has 1 unspecified atom stereocenters. The third kappa shape index (κ3) is 2.53. The van der Waals surface area contributed by atoms with Crippen molar-refractivity contribution in [3.8, 4) is 0 Å². The molecule has 0 aliphatic carbocycles. The lowest BCUT2D eigenvalue weighted by molar-refractivity contribution is 0.00858. The van der Waals surface area contributed by atoms with Gasteiger partial charge in [-0.2, -0.15) is 0 Å². The average Bonchev–Trinajstić information content (AvgIpc) is 2.48. The van der Waals surface area contributed by atoms with E-state index in [-0.39, 0.29) is 0 Å². The first-order valence-electron chi connectivity index (χ1n) is 7.31. The predicted octanol–water partition coefficient (Wildman–Crippen LogP) is 1.92. The molecule has 0 spiro atoms. The first-order valence-corrected chi connectivity index (χ1v) is 8.39. The Hall–Kier alpha value is -0.470. The molecule has 3 fully saturated rings. The summed E-state index contributed by atoms with van der Waals surface area (Å²) in [5, 5.41) is 3.22. The van der Waals surface area contributed by atoms with Crippen LogP contribution in [0.25, 0.3) is 0 Å². The van der Waals surface area contributed by atoms with E-state index in [0.29, 0.717) is 12.0 Å². The summed E-state index contributed by atoms with van der Waals surface area (Å²) in [6.45, 7) is 10.1. The molecule has 2 bridgehead atoms. The first kappa shape index (κ1) is 14.5. The minimum absolute atomic E-state index is 0.360. The second-order valence-electron chi connectivity index (χ2n) is 5.89. The standard InChI is InChI=1S/C14H22IN5/c1-9(2)12-11(15)14(16-3)18-13(17-12)10-8-19-4-6-20(10)7-5-19/h9-10H,4-8H2,1-3H3,(H,16,17,18). The fourth-order valence-electron chi connectivity index (χ4n) is 3.04. The van der Waals surface area contributed by atoms with Gasteiger partial charge in [0.1, 0.15) is 11.6 Å². The fourth-order valence-corrected chi connectivity index (χ4v) is 4.18. The summed E-state index contributed by atoms with van der Waals surface area (Å²) in [6.07, 6.45) is 0. The molecule has 1 aromatic heterocycles. The quantitative estimate of drug-likeness (QED) is 0.803. The fraction of sp³-hybridized carbons (Fsp3) is 0.714. The van der Waals surface area contributed by atoms with Gasteiger partial charge in [-0.1, -0.05) is 13.8 Å². The van der Waals surface area contributed by atoms with Crippen molar-refractivity contribution in [1.82, 2.24) is 19.8 Å². The summed E-state index contributed by atoms with van der Waals surface area (Å²) in [4.78, 5) is 14.7. The van der Waals surface area contributed by atoms with Gasteiger partial charge >= 0.3 is 0 Å². The third-order valence-corrected chi connectivity index (χ3v) is 5.32. The number of anilines is 1. The van der Waals surface area contributed by atoms with E-state index >= 15 is 0 Å². The van der Waals surface area contributed by atoms with E-state index in [1.54, 1.807) is 0 Å². The van der Waals surface area contributed by atoms with Gasteiger partial charge < -0.3 is 5.32 Å². The molecular weight excluding hydrogens is 365 g/mol. The molecule has 110 valence electrons. The molecule has 0 saturated carbocycles. The summed E-state index contributed by atoms with van der Waals surface area (Å²) in [5.41, 5.74) is 1.16. The van der Waals surface area contributed by atoms with Gasteiger partial charge in [0.05, 0.1) is 15.3 Å². The Kier molecular flexibility index (Phi) is 4.14. The van der Waals surface area contributed by atoms with Crippen LogP contribution < -0.4 is 5.32 Å². The Morgan fingerprint density at radius 3 is 2.40 bits per heavy atom. The van der Waals surface area contributed by atoms with Gasteiger partial charge in [0.15, 0.2) is 0 Å². The number of halogens is 1. The number of rotatable bonds is 3. The Balaban J connectivity index is 1.99. The molecule has 1 aromatic rings. The maximum Gasteiger partial charge on any atom is 0.149 e. The highest BCUT2D eigenvalue weighted by molar-refractivity contribution is 14.1. The van der Waals surface area contributed by atoms with E-state index in [9.17, 15) is 0 Å². The lowest BCUT2D eigenvalue weighted by atomic mass is 10.1. The smallest absolute Gasteiger partial charge is 0.149 e. The summed E-state index contributed by atoms with van der Waals surface area (Å²) >= 11 is 2.36. The summed E-state index contributed by atoms with van der Waals surface area (Å²) < 4.78 is 1.15. The zero-order valence-electron chi connectivity index (χ0n) is 12.4. The van der Waals surface area contributed by atoms with Crippen LogP contribution in [0.1, 0.15) is 37.3 Å². The van der Waals surface area contributed by atoms with Crippen LogP contribution in [0.15, 0.2) is 0 Å². The van der Waals surface area contributed by atoms with Crippen LogP contribution in [0, 0.1) is 3.57 Å². The highest BCUT2D eigenvalue weighted by Crippen LogP contribution is 2.31. The Morgan fingerprint density at radius 1 is 1.20 bits per heavy atom. The molecule has 4 heterocycles. The van der Waals surface area contributed by atoms with Crippen LogP contribution in [0.3, 0.4) is 0 Å². The summed E-state index contributed by atoms with van der Waals surface area (Å²) in [6, 6.07) is 0.360. The minimum atomic E-state index is 0.360. The number of hydrogen-bond donors (Lipinski definition) is 1. The second-order valence-corrected chi connectivity index (χ2v) is 6.97. The largest absolute Gasteiger partial charge is 0.372 e. The van der Waals surface area contributed by atoms with Crippen molar-refractivity contribution in [2.45, 2.75) is 25.8 Å². The zero-order chi connectivity index (χ0) is 14.3. The molecule has 3 saturated heterocycles. The molecule has 0 radical (unpaired) electrons. The van der Waals surface area contributed by atoms with Gasteiger partial charge in [-0.3, -0.25) is 9.80 Å². The normalized spacial score (nSPS) is 28.9. The van der Waals surface area contributed by atoms with E-state index in [4.69, 9.17) is 9.97 Å². The monoisotopic (exact) mass is 387 g/mol. The molecule has 3 aliphatic heterocycles. The second kappa shape index (κ2) is 5.73. The van der Waals surface area contributed by atoms with Gasteiger partial charge in [0.25, 0.3) is 0 Å². The van der Waals surface area contributed by atoms with Crippen molar-refractivity contribution in [3.63, 3.8) is 0 Å². The Bertz CT molecular complexity index is 497. The van der Waals surface area contributed by atoms with Gasteiger partial charge in [-0.15, -0.1) is 0 Å². The van der Waals surface area contributed by atoms with E-state index in [2.05, 4.69) is 51.6 Å². The van der Waals surface area contributed by atoms with Crippen molar-refractivity contribution in [3.05, 3.63) is 15.1 Å². The van der Waals surface area contributed by atoms with Gasteiger partial charge in [0.2, 0.25) is 0 Å². The topological polar surface area (TPSA) is 44.3 Å². The van der Waals surface area contributed by atoms with Crippen LogP contribution in [-0.2, 0) is 0 Å². The van der Waals surface area contributed by atoms with Gasteiger partial charge in [0, 0.05) is 39.8 Å². The average molecular weight is 387 g/mol. The van der Waals surface area contributed by atoms with Gasteiger partial charge in [-0.25, -0.2) is 9.97 Å². The highest BCUT2D eigenvalue weighted by atomic mass is 127. The lowest BCUT2D eigenvalue weighted by Crippen LogP contribution is -2.57. The van der Waals surface area contributed by atoms with Gasteiger partial charge in [-0.05, 0) is 28.5 Å². The Morgan fingerprint density at radius 2 is 1.90 bits per heavy atom. The van der Waals surface area contributed by atoms with Crippen molar-refractivity contribution in [1.29, 1.82) is 0 Å². The SMILES string of the molecule is CNc1nc(C2CN3CCN2CC3)nc(C(C)C)c1I. The van der Waals surface area contributed by atoms with Crippen molar-refractivity contribution in [2.24, 2.45) is 0 Å². The minimum Gasteiger partial charge on any atom is -0.372 e. The van der Waals surface area contributed by atoms with E-state index in [1.165, 1.54) is 13.1 Å². The molecule has 5 nitrogen and oxygen atoms in total. The van der Waals surface area contributed by atoms with Crippen molar-refractivity contribution >= 4 is 28.4 Å². The van der Waals surface area contributed by atoms with Crippen LogP contribution in [0.2, 0.25) is 0 Å². The van der Waals surface area contributed by atoms with E-state index in [0.717, 1.165) is 40.5 Å². The maximum atomic E-state index is 4.90. The molecule has 0 amide bonds. The summed E-state index contributed by atoms with van der Waals surface area (Å²) in [5.74, 6) is 2.38. The predicted molar refractivity (Wildman–Crippen MR) is 89.1 cm³/mol. The first-order chi connectivity index (χ1) is 9.60. The molecule has 6 heteroatoms. The summed E-state index contributed by atoms with van der Waals surface area (Å²) in [7, 11) is 1.94. The molecule has 1 N–H and O–H groups in total. The lowest BCUT2D eigenvalue weighted by Gasteiger charge is -2.46. The van der Waals surface area contributed by atoms with Crippen LogP contribution in [0.5, 0.6) is 0 Å². The van der Waals surface area contributed by atoms with Crippen LogP contribution in [-0.4, -0.2) is 59.5 Å². The van der Waals surface area contributed by atoms with E-state index < -0.39 is 0 Å². The number of fused-ring (bicyclic) bond motifs is 3. The number of hydrogen-bond acceptors (Lipinski definition) is 5. The Labute approximate surface area is 134 Å². The molecule has 3 aliphatic rings. The molecule has 4 rings (SSSR count). The molecule has 0 aromatic carbocycles. The van der Waals surface area contributed by atoms with Crippen molar-refractivity contribution < 1.29 is 0 Å². The highest BCUT2D eigenvalue weighted by Gasteiger charge is 2.35. The maximum absolute atomic E-state index is 4.90. The number of nitrogens with zero attached hydrogens (tertiary/aromatic N) is 4. The van der Waals surface area contributed by atoms with Crippen molar-refractivity contribution in [2.75, 3.05) is 45.1 Å². The third-order valence-electron chi connectivity index (χ3n) is 4.25. The van der Waals surface area contributed by atoms with E-state index in [1.807, 2.05) is 7.05 Å². The van der Waals surface area contributed by atoms with Crippen LogP contribution in [0.4, 0.5) is 5.82 Å². The number of piperazine rings is 3. The molecular formula is C14H22IN5. The number of aromatic nitrogens is 2. The number of nitrogens with one attached hydrogen (secondary N) is 1. The molecule has 1 atom stereocenters. The van der Waals surface area contributed by atoms with Crippen LogP contribution >= 0.6 is 22.6 Å². The molecule has 20 heavy (non-hydrogen) atoms.